The predicted molar refractivity (Wildman–Crippen MR) is 60.1 cm³/mol. The summed E-state index contributed by atoms with van der Waals surface area (Å²) >= 11 is -0.427. The number of hydrogen-bond acceptors (Lipinski definition) is 0. The van der Waals surface area contributed by atoms with Gasteiger partial charge in [0.2, 0.25) is 0 Å². The summed E-state index contributed by atoms with van der Waals surface area (Å²) in [4.78, 5) is 0. The molecule has 1 aromatic carbocycles. The maximum atomic E-state index is 2.41. The van der Waals surface area contributed by atoms with E-state index in [1.165, 1.54) is 12.0 Å². The van der Waals surface area contributed by atoms with Crippen LogP contribution < -0.4 is 24.8 Å². The first-order chi connectivity index (χ1) is 7.43. The molecule has 0 fully saturated rings. The van der Waals surface area contributed by atoms with E-state index in [0.717, 1.165) is 3.63 Å². The summed E-state index contributed by atoms with van der Waals surface area (Å²) in [6, 6.07) is 8.82. The fraction of sp³-hybridized carbons (Fsp3) is 0.143. The molecular formula is C14H12Cl2Zr. The summed E-state index contributed by atoms with van der Waals surface area (Å²) in [7, 11) is 0. The predicted octanol–water partition coefficient (Wildman–Crippen LogP) is -2.31. The van der Waals surface area contributed by atoms with Gasteiger partial charge >= 0.3 is 102 Å². The van der Waals surface area contributed by atoms with E-state index in [9.17, 15) is 0 Å². The molecule has 0 amide bonds. The Hall–Kier alpha value is -0.0969. The van der Waals surface area contributed by atoms with Gasteiger partial charge in [0.15, 0.2) is 0 Å². The van der Waals surface area contributed by atoms with Crippen LogP contribution >= 0.6 is 0 Å². The molecule has 2 aliphatic carbocycles. The van der Waals surface area contributed by atoms with Gasteiger partial charge < -0.3 is 24.8 Å². The Labute approximate surface area is 126 Å². The third kappa shape index (κ3) is 3.22. The minimum absolute atomic E-state index is 0. The Bertz CT molecular complexity index is 475. The molecule has 17 heavy (non-hydrogen) atoms. The number of hydrogen-bond donors (Lipinski definition) is 0. The molecule has 0 spiro atoms. The van der Waals surface area contributed by atoms with E-state index < -0.39 is 23.2 Å². The van der Waals surface area contributed by atoms with E-state index in [2.05, 4.69) is 54.6 Å². The Morgan fingerprint density at radius 3 is 2.71 bits per heavy atom. The van der Waals surface area contributed by atoms with Crippen LogP contribution in [0.25, 0.3) is 6.08 Å². The molecule has 3 rings (SSSR count). The normalized spacial score (nSPS) is 18.8. The van der Waals surface area contributed by atoms with Crippen molar-refractivity contribution in [3.05, 3.63) is 63.0 Å². The van der Waals surface area contributed by atoms with Gasteiger partial charge in [-0.3, -0.25) is 0 Å². The monoisotopic (exact) mass is 340 g/mol. The minimum atomic E-state index is -0.427. The molecule has 1 unspecified atom stereocenters. The van der Waals surface area contributed by atoms with Crippen LogP contribution in [0.3, 0.4) is 0 Å². The van der Waals surface area contributed by atoms with Gasteiger partial charge in [-0.05, 0) is 0 Å². The van der Waals surface area contributed by atoms with Crippen LogP contribution in [-0.4, -0.2) is 0 Å². The van der Waals surface area contributed by atoms with E-state index in [1.54, 1.807) is 8.84 Å². The number of allylic oxidation sites excluding steroid dienone is 5. The summed E-state index contributed by atoms with van der Waals surface area (Å²) in [6.45, 7) is 0. The molecule has 86 valence electrons. The van der Waals surface area contributed by atoms with Gasteiger partial charge in [0.05, 0.1) is 0 Å². The third-order valence-corrected chi connectivity index (χ3v) is 6.74. The second-order valence-electron chi connectivity index (χ2n) is 3.93. The van der Waals surface area contributed by atoms with Crippen LogP contribution in [0.15, 0.2) is 51.9 Å². The van der Waals surface area contributed by atoms with Gasteiger partial charge in [-0.2, -0.15) is 0 Å². The largest absolute Gasteiger partial charge is 1.00 e. The van der Waals surface area contributed by atoms with E-state index in [1.807, 2.05) is 0 Å². The van der Waals surface area contributed by atoms with E-state index >= 15 is 0 Å². The fourth-order valence-electron chi connectivity index (χ4n) is 2.13. The molecule has 0 N–H and O–H groups in total. The SMILES string of the molecule is C1=CC[C]([Zr+2][CH]2C=Cc3ccccc32)=C1.[Cl-].[Cl-]. The van der Waals surface area contributed by atoms with E-state index in [-0.39, 0.29) is 24.8 Å². The summed E-state index contributed by atoms with van der Waals surface area (Å²) in [5, 5.41) is 0. The summed E-state index contributed by atoms with van der Waals surface area (Å²) < 4.78 is 2.50. The van der Waals surface area contributed by atoms with E-state index in [4.69, 9.17) is 0 Å². The molecule has 0 aromatic heterocycles. The second kappa shape index (κ2) is 6.73. The third-order valence-electron chi connectivity index (χ3n) is 2.91. The standard InChI is InChI=1S/C9H7.C5H5.2ClH.Zr/c1-2-5-9-7-3-6-8(9)4-1;1-2-4-5-3-1;;;/h1-7H;1-3H,4H2;2*1H;/q;;;;+2/p-2. The number of rotatable bonds is 2. The first-order valence-corrected chi connectivity index (χ1v) is 7.98. The molecule has 0 heterocycles. The molecule has 0 saturated carbocycles. The molecule has 0 nitrogen and oxygen atoms in total. The van der Waals surface area contributed by atoms with Crippen molar-refractivity contribution < 1.29 is 48.0 Å². The zero-order chi connectivity index (χ0) is 10.1. The topological polar surface area (TPSA) is 0 Å². The van der Waals surface area contributed by atoms with Crippen molar-refractivity contribution in [2.75, 3.05) is 0 Å². The molecular weight excluding hydrogens is 330 g/mol. The Morgan fingerprint density at radius 2 is 1.94 bits per heavy atom. The van der Waals surface area contributed by atoms with Crippen LogP contribution in [0.1, 0.15) is 21.2 Å². The van der Waals surface area contributed by atoms with Crippen LogP contribution in [-0.2, 0) is 23.2 Å². The van der Waals surface area contributed by atoms with Gasteiger partial charge in [0, 0.05) is 0 Å². The first-order valence-electron chi connectivity index (χ1n) is 5.33. The van der Waals surface area contributed by atoms with Crippen molar-refractivity contribution in [2.24, 2.45) is 0 Å². The van der Waals surface area contributed by atoms with Crippen molar-refractivity contribution >= 4 is 6.08 Å². The maximum Gasteiger partial charge on any atom is -1.00 e. The Balaban J connectivity index is 0.000000722. The molecule has 0 saturated heterocycles. The van der Waals surface area contributed by atoms with Crippen molar-refractivity contribution in [3.63, 3.8) is 0 Å². The van der Waals surface area contributed by atoms with Gasteiger partial charge in [-0.25, -0.2) is 0 Å². The summed E-state index contributed by atoms with van der Waals surface area (Å²) in [5.41, 5.74) is 3.01. The van der Waals surface area contributed by atoms with Gasteiger partial charge in [-0.15, -0.1) is 0 Å². The smallest absolute Gasteiger partial charge is 1.00 e. The number of benzene rings is 1. The van der Waals surface area contributed by atoms with Crippen LogP contribution in [0, 0.1) is 0 Å². The molecule has 0 aliphatic heterocycles. The van der Waals surface area contributed by atoms with Gasteiger partial charge in [0.1, 0.15) is 0 Å². The molecule has 0 radical (unpaired) electrons. The van der Waals surface area contributed by atoms with Crippen LogP contribution in [0.5, 0.6) is 0 Å². The first kappa shape index (κ1) is 15.0. The van der Waals surface area contributed by atoms with Gasteiger partial charge in [0.25, 0.3) is 0 Å². The molecule has 1 aromatic rings. The Kier molecular flexibility index (Phi) is 5.93. The second-order valence-corrected chi connectivity index (χ2v) is 7.75. The molecule has 3 heteroatoms. The Morgan fingerprint density at radius 1 is 1.12 bits per heavy atom. The van der Waals surface area contributed by atoms with Crippen LogP contribution in [0.2, 0.25) is 0 Å². The molecule has 1 atom stereocenters. The van der Waals surface area contributed by atoms with Crippen LogP contribution in [0.4, 0.5) is 0 Å². The van der Waals surface area contributed by atoms with Crippen molar-refractivity contribution in [1.29, 1.82) is 0 Å². The number of halogens is 2. The summed E-state index contributed by atoms with van der Waals surface area (Å²) in [5.74, 6) is 0. The zero-order valence-corrected chi connectivity index (χ0v) is 13.2. The average Bonchev–Trinajstić information content (AvgIpc) is 2.89. The number of fused-ring (bicyclic) bond motifs is 1. The quantitative estimate of drug-likeness (QED) is 0.567. The van der Waals surface area contributed by atoms with Crippen molar-refractivity contribution in [1.82, 2.24) is 0 Å². The molecule has 0 bridgehead atoms. The van der Waals surface area contributed by atoms with E-state index in [0.29, 0.717) is 0 Å². The van der Waals surface area contributed by atoms with Gasteiger partial charge in [-0.1, -0.05) is 0 Å². The van der Waals surface area contributed by atoms with Crippen molar-refractivity contribution in [3.8, 4) is 0 Å². The van der Waals surface area contributed by atoms with Crippen molar-refractivity contribution in [2.45, 2.75) is 10.0 Å². The zero-order valence-electron chi connectivity index (χ0n) is 9.24. The minimum Gasteiger partial charge on any atom is -1.00 e. The fourth-order valence-corrected chi connectivity index (χ4v) is 5.67. The maximum absolute atomic E-state index is 2.41. The molecule has 2 aliphatic rings. The summed E-state index contributed by atoms with van der Waals surface area (Å²) in [6.07, 6.45) is 12.8. The average molecular weight is 342 g/mol.